The number of carbonyl (C=O) groups is 1. The van der Waals surface area contributed by atoms with E-state index in [2.05, 4.69) is 9.97 Å². The van der Waals surface area contributed by atoms with Gasteiger partial charge in [0.2, 0.25) is 5.82 Å². The molecule has 0 spiro atoms. The van der Waals surface area contributed by atoms with Crippen molar-refractivity contribution in [3.8, 4) is 5.75 Å². The molecule has 1 rings (SSSR count). The number of rotatable bonds is 4. The molecular formula is C8H10N2O3. The molecule has 0 aromatic carbocycles. The van der Waals surface area contributed by atoms with E-state index in [9.17, 15) is 4.79 Å². The average Bonchev–Trinajstić information content (AvgIpc) is 2.15. The fourth-order valence-corrected chi connectivity index (χ4v) is 0.721. The third-order valence-electron chi connectivity index (χ3n) is 1.29. The highest BCUT2D eigenvalue weighted by Crippen LogP contribution is 2.06. The molecule has 1 aromatic rings. The van der Waals surface area contributed by atoms with Crippen LogP contribution < -0.4 is 4.74 Å². The van der Waals surface area contributed by atoms with Gasteiger partial charge < -0.3 is 9.84 Å². The van der Waals surface area contributed by atoms with Crippen LogP contribution in [0.5, 0.6) is 5.75 Å². The molecule has 0 aliphatic heterocycles. The Bertz CT molecular complexity index is 284. The predicted octanol–water partition coefficient (Wildman–Crippen LogP) is 0.964. The van der Waals surface area contributed by atoms with E-state index >= 15 is 0 Å². The van der Waals surface area contributed by atoms with Crippen LogP contribution in [-0.4, -0.2) is 27.7 Å². The minimum absolute atomic E-state index is 0.219. The number of aromatic carboxylic acids is 1. The van der Waals surface area contributed by atoms with Gasteiger partial charge in [-0.3, -0.25) is 0 Å². The van der Waals surface area contributed by atoms with E-state index in [4.69, 9.17) is 9.84 Å². The van der Waals surface area contributed by atoms with E-state index < -0.39 is 5.97 Å². The van der Waals surface area contributed by atoms with Crippen molar-refractivity contribution in [3.63, 3.8) is 0 Å². The Morgan fingerprint density at radius 3 is 2.62 bits per heavy atom. The van der Waals surface area contributed by atoms with Gasteiger partial charge in [-0.1, -0.05) is 6.92 Å². The summed E-state index contributed by atoms with van der Waals surface area (Å²) in [5.41, 5.74) is 0. The Balaban J connectivity index is 2.64. The molecule has 70 valence electrons. The van der Waals surface area contributed by atoms with Gasteiger partial charge in [0.25, 0.3) is 0 Å². The maximum Gasteiger partial charge on any atom is 0.373 e. The van der Waals surface area contributed by atoms with E-state index in [-0.39, 0.29) is 5.82 Å². The monoisotopic (exact) mass is 182 g/mol. The lowest BCUT2D eigenvalue weighted by Crippen LogP contribution is -2.04. The highest BCUT2D eigenvalue weighted by Gasteiger charge is 2.05. The molecule has 5 heteroatoms. The van der Waals surface area contributed by atoms with Gasteiger partial charge in [-0.05, 0) is 6.42 Å². The third-order valence-corrected chi connectivity index (χ3v) is 1.29. The molecule has 0 saturated carbocycles. The summed E-state index contributed by atoms with van der Waals surface area (Å²) in [4.78, 5) is 17.6. The van der Waals surface area contributed by atoms with Crippen LogP contribution in [0.25, 0.3) is 0 Å². The van der Waals surface area contributed by atoms with Gasteiger partial charge in [0, 0.05) is 0 Å². The van der Waals surface area contributed by atoms with Crippen LogP contribution in [0.1, 0.15) is 24.0 Å². The highest BCUT2D eigenvalue weighted by molar-refractivity contribution is 5.82. The zero-order valence-corrected chi connectivity index (χ0v) is 7.23. The van der Waals surface area contributed by atoms with Gasteiger partial charge in [0.05, 0.1) is 19.0 Å². The summed E-state index contributed by atoms with van der Waals surface area (Å²) in [6.07, 6.45) is 3.60. The van der Waals surface area contributed by atoms with Gasteiger partial charge in [-0.2, -0.15) is 0 Å². The molecule has 0 bridgehead atoms. The number of carboxylic acids is 1. The molecule has 1 aromatic heterocycles. The van der Waals surface area contributed by atoms with Crippen molar-refractivity contribution in [2.45, 2.75) is 13.3 Å². The quantitative estimate of drug-likeness (QED) is 0.750. The molecule has 13 heavy (non-hydrogen) atoms. The van der Waals surface area contributed by atoms with Crippen molar-refractivity contribution < 1.29 is 14.6 Å². The summed E-state index contributed by atoms with van der Waals surface area (Å²) in [7, 11) is 0. The molecule has 1 N–H and O–H groups in total. The number of hydrogen-bond acceptors (Lipinski definition) is 4. The molecule has 0 aliphatic rings. The number of nitrogens with zero attached hydrogens (tertiary/aromatic N) is 2. The number of aromatic nitrogens is 2. The SMILES string of the molecule is CCCOc1cnc(C(=O)O)nc1. The lowest BCUT2D eigenvalue weighted by Gasteiger charge is -2.02. The van der Waals surface area contributed by atoms with Gasteiger partial charge in [0.1, 0.15) is 0 Å². The molecule has 0 fully saturated rings. The first-order valence-electron chi connectivity index (χ1n) is 3.92. The average molecular weight is 182 g/mol. The summed E-state index contributed by atoms with van der Waals surface area (Å²) in [6.45, 7) is 2.56. The van der Waals surface area contributed by atoms with Crippen molar-refractivity contribution in [1.29, 1.82) is 0 Å². The largest absolute Gasteiger partial charge is 0.490 e. The standard InChI is InChI=1S/C8H10N2O3/c1-2-3-13-6-4-9-7(8(11)12)10-5-6/h4-5H,2-3H2,1H3,(H,11,12). The molecule has 5 nitrogen and oxygen atoms in total. The van der Waals surface area contributed by atoms with Crippen LogP contribution in [0.3, 0.4) is 0 Å². The minimum atomic E-state index is -1.14. The second-order valence-electron chi connectivity index (χ2n) is 2.40. The van der Waals surface area contributed by atoms with Gasteiger partial charge in [-0.25, -0.2) is 14.8 Å². The molecule has 0 saturated heterocycles. The van der Waals surface area contributed by atoms with Crippen molar-refractivity contribution in [1.82, 2.24) is 9.97 Å². The van der Waals surface area contributed by atoms with Crippen LogP contribution in [0, 0.1) is 0 Å². The normalized spacial score (nSPS) is 9.62. The van der Waals surface area contributed by atoms with Crippen molar-refractivity contribution >= 4 is 5.97 Å². The lowest BCUT2D eigenvalue weighted by molar-refractivity contribution is 0.0683. The topological polar surface area (TPSA) is 72.3 Å². The van der Waals surface area contributed by atoms with Crippen LogP contribution in [0.4, 0.5) is 0 Å². The zero-order valence-electron chi connectivity index (χ0n) is 7.23. The fourth-order valence-electron chi connectivity index (χ4n) is 0.721. The summed E-state index contributed by atoms with van der Waals surface area (Å²) in [6, 6.07) is 0. The predicted molar refractivity (Wildman–Crippen MR) is 44.8 cm³/mol. The molecule has 0 atom stereocenters. The van der Waals surface area contributed by atoms with E-state index in [0.29, 0.717) is 12.4 Å². The van der Waals surface area contributed by atoms with Crippen LogP contribution in [-0.2, 0) is 0 Å². The van der Waals surface area contributed by atoms with Gasteiger partial charge >= 0.3 is 5.97 Å². The van der Waals surface area contributed by atoms with Crippen molar-refractivity contribution in [3.05, 3.63) is 18.2 Å². The summed E-state index contributed by atoms with van der Waals surface area (Å²) < 4.78 is 5.17. The molecule has 0 unspecified atom stereocenters. The lowest BCUT2D eigenvalue weighted by atomic mass is 10.5. The highest BCUT2D eigenvalue weighted by atomic mass is 16.5. The maximum absolute atomic E-state index is 10.4. The van der Waals surface area contributed by atoms with E-state index in [1.807, 2.05) is 6.92 Å². The van der Waals surface area contributed by atoms with Crippen LogP contribution in [0.15, 0.2) is 12.4 Å². The number of carboxylic acid groups (broad SMARTS) is 1. The first kappa shape index (κ1) is 9.44. The second kappa shape index (κ2) is 4.39. The Morgan fingerprint density at radius 2 is 2.15 bits per heavy atom. The Morgan fingerprint density at radius 1 is 1.54 bits per heavy atom. The number of hydrogen-bond donors (Lipinski definition) is 1. The van der Waals surface area contributed by atoms with Gasteiger partial charge in [0.15, 0.2) is 5.75 Å². The summed E-state index contributed by atoms with van der Waals surface area (Å²) in [5, 5.41) is 8.49. The summed E-state index contributed by atoms with van der Waals surface area (Å²) >= 11 is 0. The minimum Gasteiger partial charge on any atom is -0.490 e. The number of ether oxygens (including phenoxy) is 1. The zero-order chi connectivity index (χ0) is 9.68. The van der Waals surface area contributed by atoms with E-state index in [1.165, 1.54) is 12.4 Å². The smallest absolute Gasteiger partial charge is 0.373 e. The van der Waals surface area contributed by atoms with Crippen LogP contribution >= 0.6 is 0 Å². The van der Waals surface area contributed by atoms with E-state index in [0.717, 1.165) is 6.42 Å². The molecule has 1 heterocycles. The van der Waals surface area contributed by atoms with Crippen LogP contribution in [0.2, 0.25) is 0 Å². The second-order valence-corrected chi connectivity index (χ2v) is 2.40. The fraction of sp³-hybridized carbons (Fsp3) is 0.375. The summed E-state index contributed by atoms with van der Waals surface area (Å²) in [5.74, 6) is -0.863. The molecule has 0 amide bonds. The molecular weight excluding hydrogens is 172 g/mol. The van der Waals surface area contributed by atoms with Gasteiger partial charge in [-0.15, -0.1) is 0 Å². The molecule has 0 aliphatic carbocycles. The maximum atomic E-state index is 10.4. The van der Waals surface area contributed by atoms with Crippen molar-refractivity contribution in [2.75, 3.05) is 6.61 Å². The third kappa shape index (κ3) is 2.70. The van der Waals surface area contributed by atoms with Crippen molar-refractivity contribution in [2.24, 2.45) is 0 Å². The van der Waals surface area contributed by atoms with E-state index in [1.54, 1.807) is 0 Å². The molecule has 0 radical (unpaired) electrons. The first-order chi connectivity index (χ1) is 6.24. The Hall–Kier alpha value is -1.65. The Kier molecular flexibility index (Phi) is 3.19. The Labute approximate surface area is 75.4 Å². The first-order valence-corrected chi connectivity index (χ1v) is 3.92.